The molecular weight excluding hydrogens is 422 g/mol. The number of hydrogen-bond acceptors (Lipinski definition) is 6. The van der Waals surface area contributed by atoms with Crippen LogP contribution in [0.25, 0.3) is 22.2 Å². The number of para-hydroxylation sites is 1. The van der Waals surface area contributed by atoms with Crippen molar-refractivity contribution in [1.82, 2.24) is 4.98 Å². The van der Waals surface area contributed by atoms with Gasteiger partial charge in [0.15, 0.2) is 5.78 Å². The molecule has 1 aromatic heterocycles. The zero-order chi connectivity index (χ0) is 23.1. The number of rotatable bonds is 4. The van der Waals surface area contributed by atoms with Gasteiger partial charge in [0, 0.05) is 29.6 Å². The number of aromatic carboxylic acids is 1. The third-order valence-electron chi connectivity index (χ3n) is 5.83. The van der Waals surface area contributed by atoms with E-state index in [1.54, 1.807) is 24.3 Å². The number of carboxylic acid groups (broad SMARTS) is 1. The summed E-state index contributed by atoms with van der Waals surface area (Å²) in [6.07, 6.45) is 0. The molecule has 2 N–H and O–H groups in total. The third-order valence-corrected chi connectivity index (χ3v) is 5.83. The van der Waals surface area contributed by atoms with Crippen molar-refractivity contribution in [3.8, 4) is 11.3 Å². The van der Waals surface area contributed by atoms with Crippen molar-refractivity contribution >= 4 is 34.0 Å². The highest BCUT2D eigenvalue weighted by Crippen LogP contribution is 2.40. The van der Waals surface area contributed by atoms with Crippen LogP contribution in [-0.4, -0.2) is 33.3 Å². The summed E-state index contributed by atoms with van der Waals surface area (Å²) < 4.78 is 0. The topological polar surface area (TPSA) is 122 Å². The Morgan fingerprint density at radius 2 is 1.82 bits per heavy atom. The zero-order valence-electron chi connectivity index (χ0n) is 17.2. The van der Waals surface area contributed by atoms with E-state index in [-0.39, 0.29) is 17.0 Å². The van der Waals surface area contributed by atoms with Gasteiger partial charge in [0.1, 0.15) is 0 Å². The van der Waals surface area contributed by atoms with Gasteiger partial charge < -0.3 is 10.4 Å². The number of nitrogens with zero attached hydrogens (tertiary/aromatic N) is 2. The Morgan fingerprint density at radius 3 is 2.55 bits per heavy atom. The number of anilines is 1. The molecule has 3 aromatic carbocycles. The lowest BCUT2D eigenvalue weighted by molar-refractivity contribution is -0.384. The highest BCUT2D eigenvalue weighted by Gasteiger charge is 2.33. The molecule has 0 radical (unpaired) electrons. The number of non-ortho nitro benzene ring substituents is 1. The number of ketones is 1. The van der Waals surface area contributed by atoms with Crippen molar-refractivity contribution in [2.75, 3.05) is 11.9 Å². The summed E-state index contributed by atoms with van der Waals surface area (Å²) in [5.41, 5.74) is 3.40. The average molecular weight is 439 g/mol. The first-order valence-electron chi connectivity index (χ1n) is 10.2. The molecule has 0 saturated carbocycles. The fourth-order valence-corrected chi connectivity index (χ4v) is 4.21. The molecule has 0 saturated heterocycles. The van der Waals surface area contributed by atoms with Gasteiger partial charge in [0.2, 0.25) is 0 Å². The molecule has 0 aliphatic carbocycles. The quantitative estimate of drug-likeness (QED) is 0.342. The monoisotopic (exact) mass is 439 g/mol. The number of Topliss-reactive ketones (excluding diaryl/α,β-unsaturated/α-hetero) is 1. The largest absolute Gasteiger partial charge is 0.478 e. The SMILES string of the molecule is O=C(O)c1cccc([C@@H]2CNc3c(c(-c4ccc([N+](=O)[O-])cc4)nc4ccccc34)C2=O)c1. The fraction of sp³-hybridized carbons (Fsp3) is 0.0800. The van der Waals surface area contributed by atoms with Crippen molar-refractivity contribution in [2.45, 2.75) is 5.92 Å². The Labute approximate surface area is 187 Å². The van der Waals surface area contributed by atoms with E-state index >= 15 is 0 Å². The summed E-state index contributed by atoms with van der Waals surface area (Å²) in [6, 6.07) is 19.7. The van der Waals surface area contributed by atoms with E-state index < -0.39 is 16.8 Å². The summed E-state index contributed by atoms with van der Waals surface area (Å²) in [5.74, 6) is -1.85. The number of carbonyl (C=O) groups excluding carboxylic acids is 1. The van der Waals surface area contributed by atoms with Gasteiger partial charge in [0.05, 0.1) is 38.9 Å². The van der Waals surface area contributed by atoms with Crippen LogP contribution in [0.4, 0.5) is 11.4 Å². The van der Waals surface area contributed by atoms with Gasteiger partial charge in [-0.1, -0.05) is 30.3 Å². The van der Waals surface area contributed by atoms with Crippen LogP contribution in [0.1, 0.15) is 32.2 Å². The molecule has 1 aliphatic heterocycles. The van der Waals surface area contributed by atoms with E-state index in [1.165, 1.54) is 24.3 Å². The minimum atomic E-state index is -1.06. The van der Waals surface area contributed by atoms with Crippen LogP contribution in [0, 0.1) is 10.1 Å². The molecule has 8 nitrogen and oxygen atoms in total. The fourth-order valence-electron chi connectivity index (χ4n) is 4.21. The number of carbonyl (C=O) groups is 2. The Morgan fingerprint density at radius 1 is 1.06 bits per heavy atom. The molecule has 1 atom stereocenters. The average Bonchev–Trinajstić information content (AvgIpc) is 2.83. The first-order valence-corrected chi connectivity index (χ1v) is 10.2. The Balaban J connectivity index is 1.69. The summed E-state index contributed by atoms with van der Waals surface area (Å²) in [7, 11) is 0. The molecule has 0 bridgehead atoms. The van der Waals surface area contributed by atoms with Crippen LogP contribution in [0.3, 0.4) is 0 Å². The molecular formula is C25H17N3O5. The molecule has 0 amide bonds. The number of nitro groups is 1. The predicted molar refractivity (Wildman–Crippen MR) is 123 cm³/mol. The van der Waals surface area contributed by atoms with Crippen LogP contribution >= 0.6 is 0 Å². The lowest BCUT2D eigenvalue weighted by atomic mass is 9.83. The Bertz CT molecular complexity index is 1450. The zero-order valence-corrected chi connectivity index (χ0v) is 17.2. The van der Waals surface area contributed by atoms with Gasteiger partial charge in [-0.2, -0.15) is 0 Å². The van der Waals surface area contributed by atoms with Crippen molar-refractivity contribution in [3.05, 3.63) is 99.6 Å². The van der Waals surface area contributed by atoms with Crippen molar-refractivity contribution in [2.24, 2.45) is 0 Å². The van der Waals surface area contributed by atoms with Crippen molar-refractivity contribution in [1.29, 1.82) is 0 Å². The lowest BCUT2D eigenvalue weighted by Crippen LogP contribution is -2.29. The number of fused-ring (bicyclic) bond motifs is 3. The highest BCUT2D eigenvalue weighted by molar-refractivity contribution is 6.16. The maximum Gasteiger partial charge on any atom is 0.335 e. The van der Waals surface area contributed by atoms with Crippen LogP contribution in [0.5, 0.6) is 0 Å². The normalized spacial score (nSPS) is 15.0. The lowest BCUT2D eigenvalue weighted by Gasteiger charge is -2.28. The van der Waals surface area contributed by atoms with Crippen molar-refractivity contribution < 1.29 is 19.6 Å². The number of benzene rings is 3. The molecule has 2 heterocycles. The maximum absolute atomic E-state index is 13.8. The molecule has 0 fully saturated rings. The number of pyridine rings is 1. The first-order chi connectivity index (χ1) is 15.9. The number of nitrogens with one attached hydrogen (secondary N) is 1. The van der Waals surface area contributed by atoms with Gasteiger partial charge in [-0.15, -0.1) is 0 Å². The van der Waals surface area contributed by atoms with Crippen LogP contribution in [0.2, 0.25) is 0 Å². The first kappa shape index (κ1) is 20.3. The van der Waals surface area contributed by atoms with E-state index in [4.69, 9.17) is 4.98 Å². The summed E-state index contributed by atoms with van der Waals surface area (Å²) in [4.78, 5) is 40.5. The highest BCUT2D eigenvalue weighted by atomic mass is 16.6. The number of nitro benzene ring substituents is 1. The minimum absolute atomic E-state index is 0.0544. The Hall–Kier alpha value is -4.59. The second-order valence-corrected chi connectivity index (χ2v) is 7.76. The number of aromatic nitrogens is 1. The van der Waals surface area contributed by atoms with E-state index in [0.29, 0.717) is 40.1 Å². The van der Waals surface area contributed by atoms with Gasteiger partial charge in [0.25, 0.3) is 5.69 Å². The molecule has 0 spiro atoms. The van der Waals surface area contributed by atoms with E-state index in [0.717, 1.165) is 5.39 Å². The molecule has 4 aromatic rings. The van der Waals surface area contributed by atoms with Crippen LogP contribution < -0.4 is 5.32 Å². The second kappa shape index (κ2) is 7.83. The summed E-state index contributed by atoms with van der Waals surface area (Å²) in [5, 5.41) is 24.6. The van der Waals surface area contributed by atoms with E-state index in [2.05, 4.69) is 5.32 Å². The molecule has 33 heavy (non-hydrogen) atoms. The molecule has 5 rings (SSSR count). The number of carboxylic acids is 1. The molecule has 162 valence electrons. The minimum Gasteiger partial charge on any atom is -0.478 e. The smallest absolute Gasteiger partial charge is 0.335 e. The van der Waals surface area contributed by atoms with Gasteiger partial charge >= 0.3 is 5.97 Å². The standard InChI is InChI=1S/C25H17N3O5/c29-24-19(15-4-3-5-16(12-15)25(30)31)13-26-23-18-6-1-2-7-20(18)27-22(21(23)24)14-8-10-17(11-9-14)28(32)33/h1-12,19,26H,13H2,(H,30,31)/t19-/m0/s1. The second-order valence-electron chi connectivity index (χ2n) is 7.76. The van der Waals surface area contributed by atoms with Gasteiger partial charge in [-0.05, 0) is 35.9 Å². The molecule has 1 aliphatic rings. The summed E-state index contributed by atoms with van der Waals surface area (Å²) >= 11 is 0. The Kier molecular flexibility index (Phi) is 4.82. The summed E-state index contributed by atoms with van der Waals surface area (Å²) in [6.45, 7) is 0.308. The predicted octanol–water partition coefficient (Wildman–Crippen LogP) is 4.90. The van der Waals surface area contributed by atoms with Crippen molar-refractivity contribution in [3.63, 3.8) is 0 Å². The van der Waals surface area contributed by atoms with E-state index in [1.807, 2.05) is 24.3 Å². The van der Waals surface area contributed by atoms with Crippen LogP contribution in [0.15, 0.2) is 72.8 Å². The third kappa shape index (κ3) is 3.47. The molecule has 8 heteroatoms. The number of hydrogen-bond donors (Lipinski definition) is 2. The van der Waals surface area contributed by atoms with Gasteiger partial charge in [-0.3, -0.25) is 14.9 Å². The van der Waals surface area contributed by atoms with Crippen LogP contribution in [-0.2, 0) is 0 Å². The molecule has 0 unspecified atom stereocenters. The van der Waals surface area contributed by atoms with E-state index in [9.17, 15) is 24.8 Å². The maximum atomic E-state index is 13.8. The van der Waals surface area contributed by atoms with Gasteiger partial charge in [-0.25, -0.2) is 9.78 Å².